The minimum absolute atomic E-state index is 0.178. The zero-order valence-corrected chi connectivity index (χ0v) is 15.1. The third kappa shape index (κ3) is 4.61. The van der Waals surface area contributed by atoms with Crippen molar-refractivity contribution >= 4 is 16.9 Å². The van der Waals surface area contributed by atoms with Gasteiger partial charge in [0.1, 0.15) is 12.4 Å². The SMILES string of the molecule is CCC(=O)Sc1ccccc1COc1cc(C)c(CC)cc1C. The number of hydrogen-bond acceptors (Lipinski definition) is 3. The van der Waals surface area contributed by atoms with E-state index in [1.807, 2.05) is 31.2 Å². The summed E-state index contributed by atoms with van der Waals surface area (Å²) in [4.78, 5) is 12.7. The lowest BCUT2D eigenvalue weighted by Gasteiger charge is -2.14. The van der Waals surface area contributed by atoms with E-state index in [0.717, 1.165) is 28.2 Å². The minimum atomic E-state index is 0.178. The van der Waals surface area contributed by atoms with Crippen molar-refractivity contribution in [2.45, 2.75) is 52.0 Å². The summed E-state index contributed by atoms with van der Waals surface area (Å²) in [6.45, 7) is 8.73. The average Bonchev–Trinajstić information content (AvgIpc) is 2.56. The van der Waals surface area contributed by atoms with Crippen molar-refractivity contribution in [3.05, 3.63) is 58.7 Å². The van der Waals surface area contributed by atoms with Crippen LogP contribution < -0.4 is 4.74 Å². The largest absolute Gasteiger partial charge is 0.489 e. The van der Waals surface area contributed by atoms with Gasteiger partial charge in [0.2, 0.25) is 0 Å². The standard InChI is InChI=1S/C20H24O2S/c1-5-16-11-15(4)18(12-14(16)3)22-13-17-9-7-8-10-19(17)23-20(21)6-2/h7-12H,5-6,13H2,1-4H3. The first-order valence-corrected chi connectivity index (χ1v) is 8.88. The molecule has 2 nitrogen and oxygen atoms in total. The maximum atomic E-state index is 11.7. The Labute approximate surface area is 143 Å². The van der Waals surface area contributed by atoms with Gasteiger partial charge in [0, 0.05) is 16.9 Å². The molecule has 0 atom stereocenters. The summed E-state index contributed by atoms with van der Waals surface area (Å²) < 4.78 is 6.03. The zero-order valence-electron chi connectivity index (χ0n) is 14.3. The highest BCUT2D eigenvalue weighted by atomic mass is 32.2. The monoisotopic (exact) mass is 328 g/mol. The van der Waals surface area contributed by atoms with Crippen molar-refractivity contribution in [3.8, 4) is 5.75 Å². The second-order valence-electron chi connectivity index (χ2n) is 5.62. The fraction of sp³-hybridized carbons (Fsp3) is 0.350. The molecule has 0 unspecified atom stereocenters. The number of ether oxygens (including phenoxy) is 1. The molecule has 0 fully saturated rings. The quantitative estimate of drug-likeness (QED) is 0.657. The Morgan fingerprint density at radius 2 is 1.78 bits per heavy atom. The van der Waals surface area contributed by atoms with Gasteiger partial charge in [0.05, 0.1) is 0 Å². The van der Waals surface area contributed by atoms with Gasteiger partial charge >= 0.3 is 0 Å². The van der Waals surface area contributed by atoms with Crippen LogP contribution in [0.5, 0.6) is 5.75 Å². The normalized spacial score (nSPS) is 10.6. The zero-order chi connectivity index (χ0) is 16.8. The van der Waals surface area contributed by atoms with Gasteiger partial charge in [-0.3, -0.25) is 4.79 Å². The first kappa shape index (κ1) is 17.6. The fourth-order valence-corrected chi connectivity index (χ4v) is 3.25. The van der Waals surface area contributed by atoms with Gasteiger partial charge in [-0.25, -0.2) is 0 Å². The van der Waals surface area contributed by atoms with Crippen molar-refractivity contribution in [2.75, 3.05) is 0 Å². The van der Waals surface area contributed by atoms with Gasteiger partial charge < -0.3 is 4.74 Å². The molecular weight excluding hydrogens is 304 g/mol. The Kier molecular flexibility index (Phi) is 6.28. The number of aryl methyl sites for hydroxylation is 3. The van der Waals surface area contributed by atoms with E-state index in [-0.39, 0.29) is 5.12 Å². The van der Waals surface area contributed by atoms with E-state index >= 15 is 0 Å². The van der Waals surface area contributed by atoms with Gasteiger partial charge in [0.15, 0.2) is 5.12 Å². The summed E-state index contributed by atoms with van der Waals surface area (Å²) in [5.74, 6) is 0.918. The van der Waals surface area contributed by atoms with Crippen molar-refractivity contribution in [1.82, 2.24) is 0 Å². The number of thioether (sulfide) groups is 1. The molecule has 23 heavy (non-hydrogen) atoms. The highest BCUT2D eigenvalue weighted by molar-refractivity contribution is 8.13. The summed E-state index contributed by atoms with van der Waals surface area (Å²) in [5, 5.41) is 0.178. The lowest BCUT2D eigenvalue weighted by Crippen LogP contribution is -2.01. The summed E-state index contributed by atoms with van der Waals surface area (Å²) in [7, 11) is 0. The predicted molar refractivity (Wildman–Crippen MR) is 97.2 cm³/mol. The van der Waals surface area contributed by atoms with Crippen LogP contribution in [0.4, 0.5) is 0 Å². The number of benzene rings is 2. The van der Waals surface area contributed by atoms with E-state index in [0.29, 0.717) is 13.0 Å². The lowest BCUT2D eigenvalue weighted by molar-refractivity contribution is -0.110. The molecule has 0 saturated carbocycles. The Balaban J connectivity index is 2.15. The maximum Gasteiger partial charge on any atom is 0.193 e. The highest BCUT2D eigenvalue weighted by Crippen LogP contribution is 2.28. The molecule has 2 aromatic rings. The summed E-state index contributed by atoms with van der Waals surface area (Å²) >= 11 is 1.30. The summed E-state index contributed by atoms with van der Waals surface area (Å²) in [6, 6.07) is 12.3. The van der Waals surface area contributed by atoms with Crippen LogP contribution in [0.1, 0.15) is 42.5 Å². The predicted octanol–water partition coefficient (Wildman–Crippen LogP) is 5.47. The van der Waals surface area contributed by atoms with Crippen molar-refractivity contribution in [3.63, 3.8) is 0 Å². The Bertz CT molecular complexity index is 692. The van der Waals surface area contributed by atoms with Crippen LogP contribution in [0.15, 0.2) is 41.3 Å². The lowest BCUT2D eigenvalue weighted by atomic mass is 10.0. The average molecular weight is 328 g/mol. The van der Waals surface area contributed by atoms with E-state index in [9.17, 15) is 4.79 Å². The second kappa shape index (κ2) is 8.21. The number of rotatable bonds is 6. The molecule has 0 heterocycles. The molecule has 2 rings (SSSR count). The second-order valence-corrected chi connectivity index (χ2v) is 6.72. The van der Waals surface area contributed by atoms with Crippen molar-refractivity contribution < 1.29 is 9.53 Å². The Morgan fingerprint density at radius 1 is 1.04 bits per heavy atom. The van der Waals surface area contributed by atoms with Crippen LogP contribution in [-0.4, -0.2) is 5.12 Å². The van der Waals surface area contributed by atoms with Crippen LogP contribution in [0, 0.1) is 13.8 Å². The van der Waals surface area contributed by atoms with E-state index in [1.165, 1.54) is 22.9 Å². The molecule has 0 spiro atoms. The minimum Gasteiger partial charge on any atom is -0.489 e. The van der Waals surface area contributed by atoms with Crippen LogP contribution in [0.25, 0.3) is 0 Å². The molecule has 0 saturated heterocycles. The first-order valence-electron chi connectivity index (χ1n) is 8.06. The first-order chi connectivity index (χ1) is 11.0. The molecule has 0 N–H and O–H groups in total. The summed E-state index contributed by atoms with van der Waals surface area (Å²) in [5.41, 5.74) is 4.83. The van der Waals surface area contributed by atoms with E-state index in [2.05, 4.69) is 32.9 Å². The molecule has 0 aliphatic carbocycles. The molecular formula is C20H24O2S. The molecule has 0 bridgehead atoms. The Morgan fingerprint density at radius 3 is 2.48 bits per heavy atom. The van der Waals surface area contributed by atoms with Crippen LogP contribution >= 0.6 is 11.8 Å². The molecule has 2 aromatic carbocycles. The number of hydrogen-bond donors (Lipinski definition) is 0. The Hall–Kier alpha value is -1.74. The highest BCUT2D eigenvalue weighted by Gasteiger charge is 2.09. The molecule has 3 heteroatoms. The summed E-state index contributed by atoms with van der Waals surface area (Å²) in [6.07, 6.45) is 1.57. The van der Waals surface area contributed by atoms with Gasteiger partial charge in [-0.15, -0.1) is 0 Å². The molecule has 0 amide bonds. The van der Waals surface area contributed by atoms with Crippen molar-refractivity contribution in [2.24, 2.45) is 0 Å². The van der Waals surface area contributed by atoms with E-state index in [1.54, 1.807) is 0 Å². The number of carbonyl (C=O) groups is 1. The van der Waals surface area contributed by atoms with Crippen LogP contribution in [-0.2, 0) is 17.8 Å². The molecule has 0 aliphatic rings. The fourth-order valence-electron chi connectivity index (χ4n) is 2.46. The van der Waals surface area contributed by atoms with Gasteiger partial charge in [-0.1, -0.05) is 49.9 Å². The van der Waals surface area contributed by atoms with Crippen LogP contribution in [0.2, 0.25) is 0 Å². The topological polar surface area (TPSA) is 26.3 Å². The smallest absolute Gasteiger partial charge is 0.193 e. The van der Waals surface area contributed by atoms with Crippen molar-refractivity contribution in [1.29, 1.82) is 0 Å². The van der Waals surface area contributed by atoms with Gasteiger partial charge in [0.25, 0.3) is 0 Å². The molecule has 0 radical (unpaired) electrons. The van der Waals surface area contributed by atoms with Gasteiger partial charge in [-0.05, 0) is 49.1 Å². The van der Waals surface area contributed by atoms with E-state index in [4.69, 9.17) is 4.74 Å². The van der Waals surface area contributed by atoms with E-state index < -0.39 is 0 Å². The van der Waals surface area contributed by atoms with Gasteiger partial charge in [-0.2, -0.15) is 0 Å². The molecule has 0 aromatic heterocycles. The third-order valence-corrected chi connectivity index (χ3v) is 5.02. The third-order valence-electron chi connectivity index (χ3n) is 3.88. The maximum absolute atomic E-state index is 11.7. The molecule has 0 aliphatic heterocycles. The molecule has 122 valence electrons. The number of carbonyl (C=O) groups excluding carboxylic acids is 1. The van der Waals surface area contributed by atoms with Crippen LogP contribution in [0.3, 0.4) is 0 Å².